The average Bonchev–Trinajstić information content (AvgIpc) is 2.95. The van der Waals surface area contributed by atoms with Gasteiger partial charge < -0.3 is 0 Å². The summed E-state index contributed by atoms with van der Waals surface area (Å²) in [7, 11) is -4.02. The first-order valence-corrected chi connectivity index (χ1v) is 8.84. The Balaban J connectivity index is 2.32. The van der Waals surface area contributed by atoms with E-state index in [9.17, 15) is 12.8 Å². The maximum atomic E-state index is 13.6. The topological polar surface area (TPSA) is 82.8 Å². The Morgan fingerprint density at radius 1 is 1.50 bits per heavy atom. The van der Waals surface area contributed by atoms with Crippen molar-refractivity contribution in [1.82, 2.24) is 9.71 Å². The number of nitrogens with zero attached hydrogens (tertiary/aromatic N) is 2. The third-order valence-electron chi connectivity index (χ3n) is 3.00. The summed E-state index contributed by atoms with van der Waals surface area (Å²) in [5.74, 6) is -0.861. The molecule has 0 unspecified atom stereocenters. The van der Waals surface area contributed by atoms with Crippen LogP contribution in [0.5, 0.6) is 0 Å². The molecule has 8 heteroatoms. The van der Waals surface area contributed by atoms with E-state index in [4.69, 9.17) is 5.26 Å². The van der Waals surface area contributed by atoms with Crippen LogP contribution in [0.3, 0.4) is 0 Å². The maximum absolute atomic E-state index is 13.6. The molecule has 0 fully saturated rings. The minimum atomic E-state index is -4.02. The molecule has 0 aliphatic heterocycles. The number of halogens is 1. The zero-order valence-electron chi connectivity index (χ0n) is 12.0. The number of rotatable bonds is 5. The highest BCUT2D eigenvalue weighted by Gasteiger charge is 2.24. The summed E-state index contributed by atoms with van der Waals surface area (Å²) in [5, 5.41) is 9.58. The lowest BCUT2D eigenvalue weighted by atomic mass is 10.2. The van der Waals surface area contributed by atoms with Gasteiger partial charge in [-0.2, -0.15) is 5.26 Å². The number of aromatic nitrogens is 1. The zero-order valence-corrected chi connectivity index (χ0v) is 13.6. The third kappa shape index (κ3) is 3.32. The van der Waals surface area contributed by atoms with Gasteiger partial charge >= 0.3 is 0 Å². The number of hydrogen-bond acceptors (Lipinski definition) is 5. The molecule has 0 saturated carbocycles. The first-order valence-electron chi connectivity index (χ1n) is 6.54. The predicted molar refractivity (Wildman–Crippen MR) is 81.3 cm³/mol. The second-order valence-corrected chi connectivity index (χ2v) is 7.42. The summed E-state index contributed by atoms with van der Waals surface area (Å²) in [6.45, 7) is 3.64. The Morgan fingerprint density at radius 2 is 2.23 bits per heavy atom. The summed E-state index contributed by atoms with van der Waals surface area (Å²) in [5.41, 5.74) is -0.490. The van der Waals surface area contributed by atoms with Gasteiger partial charge in [-0.25, -0.2) is 22.5 Å². The normalized spacial score (nSPS) is 12.8. The third-order valence-corrected chi connectivity index (χ3v) is 5.91. The summed E-state index contributed by atoms with van der Waals surface area (Å²) in [6, 6.07) is 4.54. The summed E-state index contributed by atoms with van der Waals surface area (Å²) in [4.78, 5) is 4.86. The van der Waals surface area contributed by atoms with Gasteiger partial charge in [0.05, 0.1) is 6.04 Å². The Kier molecular flexibility index (Phi) is 4.90. The van der Waals surface area contributed by atoms with Crippen LogP contribution in [0.25, 0.3) is 0 Å². The molecule has 0 amide bonds. The van der Waals surface area contributed by atoms with E-state index in [0.717, 1.165) is 17.4 Å². The number of hydrogen-bond donors (Lipinski definition) is 1. The Morgan fingerprint density at radius 3 is 2.82 bits per heavy atom. The molecule has 0 spiro atoms. The van der Waals surface area contributed by atoms with Crippen LogP contribution in [-0.2, 0) is 16.4 Å². The maximum Gasteiger partial charge on any atom is 0.242 e. The van der Waals surface area contributed by atoms with Crippen molar-refractivity contribution in [2.75, 3.05) is 0 Å². The standard InChI is InChI=1S/C14H14FN3O2S2/c1-3-10-8-17-14(21-10)9(2)18-22(19,20)13-6-4-5-12(15)11(13)7-16/h4-6,8-9,18H,3H2,1-2H3/t9-/m1/s1. The Bertz CT molecular complexity index is 825. The van der Waals surface area contributed by atoms with Crippen LogP contribution in [0.15, 0.2) is 29.3 Å². The fourth-order valence-electron chi connectivity index (χ4n) is 1.87. The van der Waals surface area contributed by atoms with Crippen molar-refractivity contribution < 1.29 is 12.8 Å². The molecule has 0 aliphatic rings. The van der Waals surface area contributed by atoms with Crippen LogP contribution in [0.1, 0.15) is 35.3 Å². The number of sulfonamides is 1. The van der Waals surface area contributed by atoms with Crippen molar-refractivity contribution >= 4 is 21.4 Å². The molecule has 2 aromatic rings. The van der Waals surface area contributed by atoms with Gasteiger partial charge in [-0.05, 0) is 25.5 Å². The van der Waals surface area contributed by atoms with Crippen molar-refractivity contribution in [3.8, 4) is 6.07 Å². The lowest BCUT2D eigenvalue weighted by molar-refractivity contribution is 0.562. The number of thiazole rings is 1. The quantitative estimate of drug-likeness (QED) is 0.908. The van der Waals surface area contributed by atoms with Crippen LogP contribution in [-0.4, -0.2) is 13.4 Å². The predicted octanol–water partition coefficient (Wildman–Crippen LogP) is 2.76. The average molecular weight is 339 g/mol. The fourth-order valence-corrected chi connectivity index (χ4v) is 4.18. The van der Waals surface area contributed by atoms with E-state index >= 15 is 0 Å². The SMILES string of the molecule is CCc1cnc([C@@H](C)NS(=O)(=O)c2cccc(F)c2C#N)s1. The summed E-state index contributed by atoms with van der Waals surface area (Å²) < 4.78 is 40.7. The van der Waals surface area contributed by atoms with E-state index < -0.39 is 27.4 Å². The van der Waals surface area contributed by atoms with Crippen LogP contribution < -0.4 is 4.72 Å². The van der Waals surface area contributed by atoms with E-state index in [1.54, 1.807) is 19.2 Å². The highest BCUT2D eigenvalue weighted by Crippen LogP contribution is 2.24. The van der Waals surface area contributed by atoms with Crippen molar-refractivity contribution in [3.05, 3.63) is 45.7 Å². The van der Waals surface area contributed by atoms with Gasteiger partial charge in [0.2, 0.25) is 10.0 Å². The molecule has 0 bridgehead atoms. The van der Waals surface area contributed by atoms with E-state index in [1.165, 1.54) is 23.5 Å². The molecule has 0 radical (unpaired) electrons. The van der Waals surface area contributed by atoms with Gasteiger partial charge in [0.15, 0.2) is 0 Å². The first kappa shape index (κ1) is 16.5. The van der Waals surface area contributed by atoms with Gasteiger partial charge in [-0.3, -0.25) is 0 Å². The minimum Gasteiger partial charge on any atom is -0.248 e. The largest absolute Gasteiger partial charge is 0.248 e. The second-order valence-electron chi connectivity index (χ2n) is 4.59. The molecule has 0 aliphatic carbocycles. The molecule has 116 valence electrons. The zero-order chi connectivity index (χ0) is 16.3. The highest BCUT2D eigenvalue weighted by molar-refractivity contribution is 7.89. The van der Waals surface area contributed by atoms with E-state index in [1.807, 2.05) is 6.92 Å². The second kappa shape index (κ2) is 6.52. The monoisotopic (exact) mass is 339 g/mol. The number of nitrogens with one attached hydrogen (secondary N) is 1. The molecule has 1 aromatic heterocycles. The number of nitriles is 1. The molecule has 1 N–H and O–H groups in total. The van der Waals surface area contributed by atoms with Crippen molar-refractivity contribution in [3.63, 3.8) is 0 Å². The number of aryl methyl sites for hydroxylation is 1. The molecule has 22 heavy (non-hydrogen) atoms. The molecule has 5 nitrogen and oxygen atoms in total. The number of benzene rings is 1. The lowest BCUT2D eigenvalue weighted by Crippen LogP contribution is -2.27. The molecule has 2 rings (SSSR count). The summed E-state index contributed by atoms with van der Waals surface area (Å²) in [6.07, 6.45) is 2.52. The summed E-state index contributed by atoms with van der Waals surface area (Å²) >= 11 is 1.41. The van der Waals surface area contributed by atoms with Crippen LogP contribution in [0.2, 0.25) is 0 Å². The minimum absolute atomic E-state index is 0.367. The lowest BCUT2D eigenvalue weighted by Gasteiger charge is -2.13. The molecular formula is C14H14FN3O2S2. The molecule has 1 heterocycles. The fraction of sp³-hybridized carbons (Fsp3) is 0.286. The van der Waals surface area contributed by atoms with E-state index in [-0.39, 0.29) is 4.90 Å². The van der Waals surface area contributed by atoms with Gasteiger partial charge in [-0.15, -0.1) is 11.3 Å². The van der Waals surface area contributed by atoms with Crippen molar-refractivity contribution in [1.29, 1.82) is 5.26 Å². The van der Waals surface area contributed by atoms with E-state index in [2.05, 4.69) is 9.71 Å². The molecule has 0 saturated heterocycles. The van der Waals surface area contributed by atoms with Crippen LogP contribution >= 0.6 is 11.3 Å². The van der Waals surface area contributed by atoms with Crippen molar-refractivity contribution in [2.45, 2.75) is 31.2 Å². The molecule has 1 aromatic carbocycles. The van der Waals surface area contributed by atoms with Crippen LogP contribution in [0.4, 0.5) is 4.39 Å². The Labute approximate surface area is 132 Å². The van der Waals surface area contributed by atoms with Gasteiger partial charge in [0.25, 0.3) is 0 Å². The first-order chi connectivity index (χ1) is 10.4. The Hall–Kier alpha value is -1.82. The van der Waals surface area contributed by atoms with Gasteiger partial charge in [0.1, 0.15) is 27.4 Å². The van der Waals surface area contributed by atoms with Gasteiger partial charge in [0, 0.05) is 11.1 Å². The highest BCUT2D eigenvalue weighted by atomic mass is 32.2. The smallest absolute Gasteiger partial charge is 0.242 e. The molecule has 1 atom stereocenters. The van der Waals surface area contributed by atoms with Crippen molar-refractivity contribution in [2.24, 2.45) is 0 Å². The van der Waals surface area contributed by atoms with Crippen LogP contribution in [0, 0.1) is 17.1 Å². The van der Waals surface area contributed by atoms with Gasteiger partial charge in [-0.1, -0.05) is 13.0 Å². The van der Waals surface area contributed by atoms with E-state index in [0.29, 0.717) is 5.01 Å². The molecular weight excluding hydrogens is 325 g/mol.